The number of likely N-dealkylation sites (tertiary alicyclic amines) is 1. The maximum Gasteiger partial charge on any atom is 0.188 e. The van der Waals surface area contributed by atoms with Gasteiger partial charge < -0.3 is 5.32 Å². The summed E-state index contributed by atoms with van der Waals surface area (Å²) in [6.45, 7) is 4.35. The minimum absolute atomic E-state index is 0.788. The molecule has 0 amide bonds. The first-order valence-corrected chi connectivity index (χ1v) is 6.98. The molecule has 1 aliphatic carbocycles. The van der Waals surface area contributed by atoms with Crippen LogP contribution >= 0.6 is 0 Å². The van der Waals surface area contributed by atoms with E-state index in [1.54, 1.807) is 0 Å². The van der Waals surface area contributed by atoms with Crippen molar-refractivity contribution in [2.75, 3.05) is 19.6 Å². The van der Waals surface area contributed by atoms with E-state index in [1.165, 1.54) is 37.0 Å². The fraction of sp³-hybridized carbons (Fsp3) is 0.917. The summed E-state index contributed by atoms with van der Waals surface area (Å²) in [5.74, 6) is 1.63. The average Bonchev–Trinajstić information content (AvgIpc) is 3.11. The second-order valence-corrected chi connectivity index (χ2v) is 5.62. The van der Waals surface area contributed by atoms with E-state index >= 15 is 0 Å². The Morgan fingerprint density at radius 2 is 2.22 bits per heavy atom. The number of nitrogens with one attached hydrogen (secondary N) is 1. The van der Waals surface area contributed by atoms with Gasteiger partial charge in [-0.1, -0.05) is 0 Å². The lowest BCUT2D eigenvalue weighted by Crippen LogP contribution is -2.39. The van der Waals surface area contributed by atoms with Gasteiger partial charge in [0.15, 0.2) is 5.82 Å². The second-order valence-electron chi connectivity index (χ2n) is 5.62. The minimum atomic E-state index is 0.788. The number of aryl methyl sites for hydroxylation is 1. The summed E-state index contributed by atoms with van der Waals surface area (Å²) in [6.07, 6.45) is 5.39. The minimum Gasteiger partial charge on any atom is -0.314 e. The molecule has 2 aliphatic rings. The third-order valence-corrected chi connectivity index (χ3v) is 3.79. The van der Waals surface area contributed by atoms with Crippen LogP contribution in [-0.4, -0.2) is 50.8 Å². The molecule has 1 saturated heterocycles. The summed E-state index contributed by atoms with van der Waals surface area (Å²) < 4.78 is 0. The van der Waals surface area contributed by atoms with Gasteiger partial charge in [0.1, 0.15) is 0 Å². The number of aromatic nitrogens is 4. The predicted molar refractivity (Wildman–Crippen MR) is 67.8 cm³/mol. The van der Waals surface area contributed by atoms with Crippen molar-refractivity contribution in [3.8, 4) is 0 Å². The summed E-state index contributed by atoms with van der Waals surface area (Å²) >= 11 is 0. The van der Waals surface area contributed by atoms with Gasteiger partial charge in [0.25, 0.3) is 0 Å². The number of tetrazole rings is 1. The SMILES string of the molecule is Cn1nnc(CN2CCCC(CNC3CC3)C2)n1. The molecule has 1 saturated carbocycles. The van der Waals surface area contributed by atoms with Crippen molar-refractivity contribution in [2.24, 2.45) is 13.0 Å². The molecule has 1 aliphatic heterocycles. The van der Waals surface area contributed by atoms with Gasteiger partial charge in [0, 0.05) is 12.6 Å². The second kappa shape index (κ2) is 5.32. The van der Waals surface area contributed by atoms with E-state index in [2.05, 4.69) is 25.6 Å². The van der Waals surface area contributed by atoms with Crippen molar-refractivity contribution in [1.82, 2.24) is 30.4 Å². The zero-order valence-electron chi connectivity index (χ0n) is 11.0. The zero-order valence-corrected chi connectivity index (χ0v) is 11.0. The summed E-state index contributed by atoms with van der Waals surface area (Å²) in [5, 5.41) is 15.8. The molecule has 0 aromatic carbocycles. The average molecular weight is 250 g/mol. The van der Waals surface area contributed by atoms with Gasteiger partial charge in [0.2, 0.25) is 0 Å². The molecule has 100 valence electrons. The first kappa shape index (κ1) is 12.0. The lowest BCUT2D eigenvalue weighted by atomic mass is 9.98. The molecule has 3 rings (SSSR count). The fourth-order valence-electron chi connectivity index (χ4n) is 2.67. The van der Waals surface area contributed by atoms with Gasteiger partial charge in [-0.25, -0.2) is 0 Å². The molecule has 18 heavy (non-hydrogen) atoms. The van der Waals surface area contributed by atoms with Gasteiger partial charge in [-0.3, -0.25) is 4.90 Å². The highest BCUT2D eigenvalue weighted by Crippen LogP contribution is 2.21. The lowest BCUT2D eigenvalue weighted by molar-refractivity contribution is 0.161. The Balaban J connectivity index is 1.46. The molecular formula is C12H22N6. The van der Waals surface area contributed by atoms with E-state index in [1.807, 2.05) is 7.05 Å². The normalized spacial score (nSPS) is 25.5. The van der Waals surface area contributed by atoms with Gasteiger partial charge in [0.05, 0.1) is 13.6 Å². The summed E-state index contributed by atoms with van der Waals surface area (Å²) in [5.41, 5.74) is 0. The zero-order chi connectivity index (χ0) is 12.4. The van der Waals surface area contributed by atoms with Crippen LogP contribution in [0.25, 0.3) is 0 Å². The first-order chi connectivity index (χ1) is 8.79. The Bertz CT molecular complexity index is 386. The number of piperidine rings is 1. The van der Waals surface area contributed by atoms with Crippen LogP contribution < -0.4 is 5.32 Å². The molecule has 0 radical (unpaired) electrons. The number of hydrogen-bond donors (Lipinski definition) is 1. The Morgan fingerprint density at radius 3 is 2.94 bits per heavy atom. The van der Waals surface area contributed by atoms with Crippen molar-refractivity contribution in [1.29, 1.82) is 0 Å². The van der Waals surface area contributed by atoms with Gasteiger partial charge >= 0.3 is 0 Å². The van der Waals surface area contributed by atoms with E-state index < -0.39 is 0 Å². The quantitative estimate of drug-likeness (QED) is 0.807. The van der Waals surface area contributed by atoms with E-state index in [0.29, 0.717) is 0 Å². The van der Waals surface area contributed by atoms with Crippen molar-refractivity contribution in [2.45, 2.75) is 38.3 Å². The smallest absolute Gasteiger partial charge is 0.188 e. The monoisotopic (exact) mass is 250 g/mol. The van der Waals surface area contributed by atoms with Crippen LogP contribution in [0, 0.1) is 5.92 Å². The topological polar surface area (TPSA) is 58.9 Å². The molecule has 0 bridgehead atoms. The molecule has 2 fully saturated rings. The van der Waals surface area contributed by atoms with Crippen LogP contribution in [-0.2, 0) is 13.6 Å². The molecule has 1 atom stereocenters. The number of hydrogen-bond acceptors (Lipinski definition) is 5. The predicted octanol–water partition coefficient (Wildman–Crippen LogP) is 0.174. The molecule has 1 aromatic heterocycles. The van der Waals surface area contributed by atoms with E-state index in [4.69, 9.17) is 0 Å². The Labute approximate surface area is 108 Å². The molecule has 2 heterocycles. The van der Waals surface area contributed by atoms with Crippen LogP contribution in [0.15, 0.2) is 0 Å². The van der Waals surface area contributed by atoms with Crippen molar-refractivity contribution in [3.05, 3.63) is 5.82 Å². The number of rotatable bonds is 5. The lowest BCUT2D eigenvalue weighted by Gasteiger charge is -2.32. The summed E-state index contributed by atoms with van der Waals surface area (Å²) in [6, 6.07) is 0.821. The van der Waals surface area contributed by atoms with Crippen LogP contribution in [0.3, 0.4) is 0 Å². The molecule has 1 unspecified atom stereocenters. The largest absolute Gasteiger partial charge is 0.314 e. The number of nitrogens with zero attached hydrogens (tertiary/aromatic N) is 5. The first-order valence-electron chi connectivity index (χ1n) is 6.98. The highest BCUT2D eigenvalue weighted by atomic mass is 15.6. The highest BCUT2D eigenvalue weighted by Gasteiger charge is 2.25. The summed E-state index contributed by atoms with van der Waals surface area (Å²) in [7, 11) is 1.81. The van der Waals surface area contributed by atoms with E-state index in [9.17, 15) is 0 Å². The maximum atomic E-state index is 4.25. The van der Waals surface area contributed by atoms with Crippen molar-refractivity contribution < 1.29 is 0 Å². The van der Waals surface area contributed by atoms with E-state index in [-0.39, 0.29) is 0 Å². The van der Waals surface area contributed by atoms with Crippen LogP contribution in [0.4, 0.5) is 0 Å². The van der Waals surface area contributed by atoms with Gasteiger partial charge in [-0.2, -0.15) is 4.80 Å². The van der Waals surface area contributed by atoms with E-state index in [0.717, 1.165) is 37.4 Å². The molecule has 6 nitrogen and oxygen atoms in total. The fourth-order valence-corrected chi connectivity index (χ4v) is 2.67. The van der Waals surface area contributed by atoms with Crippen LogP contribution in [0.1, 0.15) is 31.5 Å². The van der Waals surface area contributed by atoms with Gasteiger partial charge in [-0.15, -0.1) is 10.2 Å². The third kappa shape index (κ3) is 3.26. The molecule has 1 aromatic rings. The molecule has 1 N–H and O–H groups in total. The van der Waals surface area contributed by atoms with Crippen molar-refractivity contribution >= 4 is 0 Å². The van der Waals surface area contributed by atoms with Crippen LogP contribution in [0.5, 0.6) is 0 Å². The summed E-state index contributed by atoms with van der Waals surface area (Å²) in [4.78, 5) is 3.99. The highest BCUT2D eigenvalue weighted by molar-refractivity contribution is 4.85. The Kier molecular flexibility index (Phi) is 3.56. The van der Waals surface area contributed by atoms with Gasteiger partial charge in [-0.05, 0) is 49.9 Å². The van der Waals surface area contributed by atoms with Crippen LogP contribution in [0.2, 0.25) is 0 Å². The van der Waals surface area contributed by atoms with Crippen molar-refractivity contribution in [3.63, 3.8) is 0 Å². The molecular weight excluding hydrogens is 228 g/mol. The molecule has 0 spiro atoms. The maximum absolute atomic E-state index is 4.25. The standard InChI is InChI=1S/C12H22N6/c1-17-15-12(14-16-17)9-18-6-2-3-10(8-18)7-13-11-4-5-11/h10-11,13H,2-9H2,1H3. The third-order valence-electron chi connectivity index (χ3n) is 3.79. The Hall–Kier alpha value is -1.01. The Morgan fingerprint density at radius 1 is 1.33 bits per heavy atom. The molecule has 6 heteroatoms.